The Labute approximate surface area is 142 Å². The summed E-state index contributed by atoms with van der Waals surface area (Å²) in [5.41, 5.74) is -0.746. The van der Waals surface area contributed by atoms with E-state index >= 15 is 0 Å². The molecule has 0 aliphatic heterocycles. The van der Waals surface area contributed by atoms with Gasteiger partial charge in [-0.2, -0.15) is 13.2 Å². The largest absolute Gasteiger partial charge is 0.416 e. The summed E-state index contributed by atoms with van der Waals surface area (Å²) in [7, 11) is 1.48. The van der Waals surface area contributed by atoms with Gasteiger partial charge in [0.1, 0.15) is 6.33 Å². The van der Waals surface area contributed by atoms with Crippen molar-refractivity contribution in [2.75, 3.05) is 7.05 Å². The molecular formula is C16H19F3N4O2. The van der Waals surface area contributed by atoms with Crippen LogP contribution >= 0.6 is 0 Å². The van der Waals surface area contributed by atoms with Crippen LogP contribution in [0.5, 0.6) is 0 Å². The Bertz CT molecular complexity index is 726. The summed E-state index contributed by atoms with van der Waals surface area (Å²) in [6, 6.07) is 3.96. The second kappa shape index (κ2) is 7.22. The lowest BCUT2D eigenvalue weighted by molar-refractivity contribution is -0.139. The molecular weight excluding hydrogens is 337 g/mol. The van der Waals surface area contributed by atoms with Crippen LogP contribution in [0.15, 0.2) is 30.6 Å². The number of hydrogen-bond acceptors (Lipinski definition) is 4. The van der Waals surface area contributed by atoms with Crippen molar-refractivity contribution in [2.45, 2.75) is 38.7 Å². The highest BCUT2D eigenvalue weighted by Gasteiger charge is 2.31. The van der Waals surface area contributed by atoms with Gasteiger partial charge < -0.3 is 14.6 Å². The fourth-order valence-electron chi connectivity index (χ4n) is 2.31. The van der Waals surface area contributed by atoms with Crippen molar-refractivity contribution in [3.8, 4) is 0 Å². The first-order chi connectivity index (χ1) is 11.6. The van der Waals surface area contributed by atoms with Gasteiger partial charge in [0.15, 0.2) is 11.9 Å². The fraction of sp³-hybridized carbons (Fsp3) is 0.438. The average molecular weight is 356 g/mol. The minimum absolute atomic E-state index is 0.0928. The molecule has 0 saturated carbocycles. The Morgan fingerprint density at radius 3 is 2.40 bits per heavy atom. The summed E-state index contributed by atoms with van der Waals surface area (Å²) in [5, 5.41) is 17.9. The molecule has 0 aliphatic rings. The lowest BCUT2D eigenvalue weighted by atomic mass is 10.1. The van der Waals surface area contributed by atoms with E-state index in [-0.39, 0.29) is 18.2 Å². The standard InChI is InChI=1S/C16H19F3N4O2/c1-10(2)23-9-20-21-13(23)8-22(3)15(25)14(24)11-4-6-12(7-5-11)16(17,18)19/h4-7,9-10,14,24H,8H2,1-3H3/t14-/m0/s1. The lowest BCUT2D eigenvalue weighted by Gasteiger charge is -2.21. The Balaban J connectivity index is 2.09. The van der Waals surface area contributed by atoms with Crippen LogP contribution in [0.1, 0.15) is 42.9 Å². The highest BCUT2D eigenvalue weighted by molar-refractivity contribution is 5.81. The normalized spacial score (nSPS) is 13.1. The Morgan fingerprint density at radius 1 is 1.28 bits per heavy atom. The van der Waals surface area contributed by atoms with Gasteiger partial charge in [0.25, 0.3) is 5.91 Å². The van der Waals surface area contributed by atoms with E-state index in [1.54, 1.807) is 10.9 Å². The summed E-state index contributed by atoms with van der Waals surface area (Å²) in [6.45, 7) is 3.99. The smallest absolute Gasteiger partial charge is 0.378 e. The molecule has 9 heteroatoms. The van der Waals surface area contributed by atoms with Gasteiger partial charge in [-0.3, -0.25) is 4.79 Å². The third-order valence-corrected chi connectivity index (χ3v) is 3.75. The van der Waals surface area contributed by atoms with Crippen LogP contribution < -0.4 is 0 Å². The minimum Gasteiger partial charge on any atom is -0.378 e. The zero-order valence-corrected chi connectivity index (χ0v) is 14.0. The molecule has 1 heterocycles. The molecule has 2 aromatic rings. The topological polar surface area (TPSA) is 71.2 Å². The Kier molecular flexibility index (Phi) is 5.46. The number of aliphatic hydroxyl groups excluding tert-OH is 1. The summed E-state index contributed by atoms with van der Waals surface area (Å²) >= 11 is 0. The molecule has 25 heavy (non-hydrogen) atoms. The van der Waals surface area contributed by atoms with Gasteiger partial charge in [0.2, 0.25) is 0 Å². The molecule has 136 valence electrons. The van der Waals surface area contributed by atoms with Gasteiger partial charge >= 0.3 is 6.18 Å². The van der Waals surface area contributed by atoms with E-state index in [0.717, 1.165) is 24.3 Å². The van der Waals surface area contributed by atoms with Crippen molar-refractivity contribution in [2.24, 2.45) is 0 Å². The highest BCUT2D eigenvalue weighted by atomic mass is 19.4. The van der Waals surface area contributed by atoms with Gasteiger partial charge in [-0.15, -0.1) is 10.2 Å². The Morgan fingerprint density at radius 2 is 1.88 bits per heavy atom. The Hall–Kier alpha value is -2.42. The van der Waals surface area contributed by atoms with Crippen molar-refractivity contribution >= 4 is 5.91 Å². The van der Waals surface area contributed by atoms with Crippen molar-refractivity contribution in [3.63, 3.8) is 0 Å². The number of aromatic nitrogens is 3. The molecule has 1 N–H and O–H groups in total. The van der Waals surface area contributed by atoms with Gasteiger partial charge in [0, 0.05) is 13.1 Å². The quantitative estimate of drug-likeness (QED) is 0.894. The fourth-order valence-corrected chi connectivity index (χ4v) is 2.31. The number of aliphatic hydroxyl groups is 1. The lowest BCUT2D eigenvalue weighted by Crippen LogP contribution is -2.32. The SMILES string of the molecule is CC(C)n1cnnc1CN(C)C(=O)[C@@H](O)c1ccc(C(F)(F)F)cc1. The second-order valence-electron chi connectivity index (χ2n) is 5.96. The summed E-state index contributed by atoms with van der Waals surface area (Å²) < 4.78 is 39.5. The number of likely N-dealkylation sites (N-methyl/N-ethyl adjacent to an activating group) is 1. The van der Waals surface area contributed by atoms with Crippen LogP contribution in [-0.2, 0) is 17.5 Å². The van der Waals surface area contributed by atoms with E-state index in [1.165, 1.54) is 11.9 Å². The molecule has 0 radical (unpaired) electrons. The zero-order valence-electron chi connectivity index (χ0n) is 14.0. The van der Waals surface area contributed by atoms with Crippen LogP contribution in [-0.4, -0.2) is 37.7 Å². The maximum atomic E-state index is 12.6. The van der Waals surface area contributed by atoms with E-state index in [2.05, 4.69) is 10.2 Å². The number of rotatable bonds is 5. The molecule has 0 spiro atoms. The van der Waals surface area contributed by atoms with Gasteiger partial charge in [-0.25, -0.2) is 0 Å². The number of benzene rings is 1. The monoisotopic (exact) mass is 356 g/mol. The van der Waals surface area contributed by atoms with Crippen LogP contribution in [0.3, 0.4) is 0 Å². The maximum absolute atomic E-state index is 12.6. The predicted octanol–water partition coefficient (Wildman–Crippen LogP) is 2.57. The molecule has 0 aliphatic carbocycles. The molecule has 6 nitrogen and oxygen atoms in total. The van der Waals surface area contributed by atoms with Crippen molar-refractivity contribution in [3.05, 3.63) is 47.5 Å². The number of amides is 1. The summed E-state index contributed by atoms with van der Waals surface area (Å²) in [6.07, 6.45) is -4.47. The van der Waals surface area contributed by atoms with Crippen LogP contribution in [0.2, 0.25) is 0 Å². The molecule has 0 bridgehead atoms. The van der Waals surface area contributed by atoms with Gasteiger partial charge in [-0.05, 0) is 31.5 Å². The van der Waals surface area contributed by atoms with Gasteiger partial charge in [0.05, 0.1) is 12.1 Å². The predicted molar refractivity (Wildman–Crippen MR) is 83.3 cm³/mol. The molecule has 1 amide bonds. The summed E-state index contributed by atoms with van der Waals surface area (Å²) in [4.78, 5) is 13.6. The molecule has 1 aromatic heterocycles. The maximum Gasteiger partial charge on any atom is 0.416 e. The number of nitrogens with zero attached hydrogens (tertiary/aromatic N) is 4. The first-order valence-electron chi connectivity index (χ1n) is 7.60. The number of carbonyl (C=O) groups excluding carboxylic acids is 1. The molecule has 1 aromatic carbocycles. The van der Waals surface area contributed by atoms with Gasteiger partial charge in [-0.1, -0.05) is 12.1 Å². The number of alkyl halides is 3. The van der Waals surface area contributed by atoms with Crippen LogP contribution in [0.25, 0.3) is 0 Å². The number of hydrogen-bond donors (Lipinski definition) is 1. The third kappa shape index (κ3) is 4.36. The zero-order chi connectivity index (χ0) is 18.8. The van der Waals surface area contributed by atoms with Crippen molar-refractivity contribution in [1.29, 1.82) is 0 Å². The third-order valence-electron chi connectivity index (χ3n) is 3.75. The van der Waals surface area contributed by atoms with Crippen LogP contribution in [0.4, 0.5) is 13.2 Å². The van der Waals surface area contributed by atoms with E-state index in [4.69, 9.17) is 0 Å². The first kappa shape index (κ1) is 18.9. The highest BCUT2D eigenvalue weighted by Crippen LogP contribution is 2.30. The van der Waals surface area contributed by atoms with E-state index in [1.807, 2.05) is 13.8 Å². The number of halogens is 3. The minimum atomic E-state index is -4.47. The molecule has 0 fully saturated rings. The summed E-state index contributed by atoms with van der Waals surface area (Å²) in [5.74, 6) is -0.0939. The molecule has 2 rings (SSSR count). The van der Waals surface area contributed by atoms with Crippen LogP contribution in [0, 0.1) is 0 Å². The first-order valence-corrected chi connectivity index (χ1v) is 7.60. The van der Waals surface area contributed by atoms with E-state index in [0.29, 0.717) is 5.82 Å². The molecule has 0 saturated heterocycles. The van der Waals surface area contributed by atoms with Crippen molar-refractivity contribution < 1.29 is 23.1 Å². The average Bonchev–Trinajstić information content (AvgIpc) is 3.01. The number of carbonyl (C=O) groups is 1. The van der Waals surface area contributed by atoms with Crippen molar-refractivity contribution in [1.82, 2.24) is 19.7 Å². The molecule has 0 unspecified atom stereocenters. The molecule has 1 atom stereocenters. The van der Waals surface area contributed by atoms with E-state index < -0.39 is 23.8 Å². The van der Waals surface area contributed by atoms with E-state index in [9.17, 15) is 23.1 Å². The second-order valence-corrected chi connectivity index (χ2v) is 5.96.